The summed E-state index contributed by atoms with van der Waals surface area (Å²) < 4.78 is 0. The summed E-state index contributed by atoms with van der Waals surface area (Å²) in [6, 6.07) is 7.94. The molecule has 5 nitrogen and oxygen atoms in total. The summed E-state index contributed by atoms with van der Waals surface area (Å²) >= 11 is 6.10. The third-order valence-corrected chi connectivity index (χ3v) is 5.70. The van der Waals surface area contributed by atoms with Gasteiger partial charge >= 0.3 is 0 Å². The Hall–Kier alpha value is -1.56. The molecule has 1 unspecified atom stereocenters. The predicted octanol–water partition coefficient (Wildman–Crippen LogP) is 2.18. The second-order valence-corrected chi connectivity index (χ2v) is 7.53. The Morgan fingerprint density at radius 2 is 1.85 bits per heavy atom. The van der Waals surface area contributed by atoms with E-state index in [0.717, 1.165) is 69.6 Å². The van der Waals surface area contributed by atoms with Gasteiger partial charge in [0.1, 0.15) is 0 Å². The number of carbonyl (C=O) groups excluding carboxylic acids is 1. The molecule has 0 aliphatic carbocycles. The SMILES string of the molecule is C=CCN1CCN(C(=O)C(C)N2CCN(c3cccc(Cl)c3)CC2)CC1. The van der Waals surface area contributed by atoms with Crippen molar-refractivity contribution in [1.29, 1.82) is 0 Å². The number of amides is 1. The van der Waals surface area contributed by atoms with Crippen LogP contribution in [0.1, 0.15) is 6.92 Å². The molecule has 0 bridgehead atoms. The molecule has 2 fully saturated rings. The summed E-state index contributed by atoms with van der Waals surface area (Å²) in [5.74, 6) is 0.263. The van der Waals surface area contributed by atoms with Crippen molar-refractivity contribution in [2.75, 3.05) is 63.8 Å². The molecular formula is C20H29ClN4O. The molecule has 1 aromatic rings. The van der Waals surface area contributed by atoms with Crippen molar-refractivity contribution < 1.29 is 4.79 Å². The first-order valence-electron chi connectivity index (χ1n) is 9.45. The van der Waals surface area contributed by atoms with Crippen LogP contribution in [0, 0.1) is 0 Å². The lowest BCUT2D eigenvalue weighted by atomic mass is 10.1. The van der Waals surface area contributed by atoms with E-state index in [-0.39, 0.29) is 11.9 Å². The summed E-state index contributed by atoms with van der Waals surface area (Å²) in [7, 11) is 0. The summed E-state index contributed by atoms with van der Waals surface area (Å²) in [6.07, 6.45) is 1.93. The van der Waals surface area contributed by atoms with Gasteiger partial charge in [-0.1, -0.05) is 23.7 Å². The van der Waals surface area contributed by atoms with Crippen LogP contribution in [0.5, 0.6) is 0 Å². The number of rotatable bonds is 5. The standard InChI is InChI=1S/C20H29ClN4O/c1-3-7-22-8-10-25(11-9-22)20(26)17(2)23-12-14-24(15-13-23)19-6-4-5-18(21)16-19/h3-6,16-17H,1,7-15H2,2H3. The molecule has 2 aliphatic heterocycles. The molecule has 6 heteroatoms. The predicted molar refractivity (Wildman–Crippen MR) is 108 cm³/mol. The van der Waals surface area contributed by atoms with Crippen molar-refractivity contribution >= 4 is 23.2 Å². The Kier molecular flexibility index (Phi) is 6.57. The first kappa shape index (κ1) is 19.2. The van der Waals surface area contributed by atoms with Gasteiger partial charge in [-0.15, -0.1) is 6.58 Å². The van der Waals surface area contributed by atoms with Crippen LogP contribution in [-0.4, -0.2) is 85.6 Å². The number of carbonyl (C=O) groups is 1. The van der Waals surface area contributed by atoms with Crippen LogP contribution in [0.3, 0.4) is 0 Å². The molecule has 0 aromatic heterocycles. The lowest BCUT2D eigenvalue weighted by Crippen LogP contribution is -2.57. The molecule has 0 saturated carbocycles. The second kappa shape index (κ2) is 8.89. The topological polar surface area (TPSA) is 30.0 Å². The molecule has 142 valence electrons. The molecule has 2 aliphatic rings. The van der Waals surface area contributed by atoms with Gasteiger partial charge in [-0.05, 0) is 25.1 Å². The van der Waals surface area contributed by atoms with Crippen LogP contribution in [0.25, 0.3) is 0 Å². The maximum absolute atomic E-state index is 12.9. The molecule has 1 aromatic carbocycles. The number of anilines is 1. The molecule has 3 rings (SSSR count). The summed E-state index contributed by atoms with van der Waals surface area (Å²) in [5, 5.41) is 0.768. The van der Waals surface area contributed by atoms with Gasteiger partial charge in [0.25, 0.3) is 0 Å². The minimum Gasteiger partial charge on any atom is -0.369 e. The van der Waals surface area contributed by atoms with Gasteiger partial charge < -0.3 is 9.80 Å². The highest BCUT2D eigenvalue weighted by Crippen LogP contribution is 2.21. The number of halogens is 1. The van der Waals surface area contributed by atoms with E-state index in [1.54, 1.807) is 0 Å². The van der Waals surface area contributed by atoms with Crippen molar-refractivity contribution in [3.05, 3.63) is 41.9 Å². The van der Waals surface area contributed by atoms with E-state index in [4.69, 9.17) is 11.6 Å². The largest absolute Gasteiger partial charge is 0.369 e. The molecule has 1 atom stereocenters. The average Bonchev–Trinajstić information content (AvgIpc) is 2.68. The maximum atomic E-state index is 12.9. The van der Waals surface area contributed by atoms with Gasteiger partial charge in [-0.3, -0.25) is 14.6 Å². The minimum atomic E-state index is -0.0533. The van der Waals surface area contributed by atoms with Gasteiger partial charge in [-0.2, -0.15) is 0 Å². The maximum Gasteiger partial charge on any atom is 0.239 e. The number of piperazine rings is 2. The highest BCUT2D eigenvalue weighted by atomic mass is 35.5. The van der Waals surface area contributed by atoms with Crippen LogP contribution in [0.2, 0.25) is 5.02 Å². The van der Waals surface area contributed by atoms with Crippen LogP contribution in [0.15, 0.2) is 36.9 Å². The first-order chi connectivity index (χ1) is 12.6. The molecule has 0 spiro atoms. The van der Waals surface area contributed by atoms with E-state index < -0.39 is 0 Å². The van der Waals surface area contributed by atoms with Gasteiger partial charge in [0, 0.05) is 69.6 Å². The van der Waals surface area contributed by atoms with Crippen molar-refractivity contribution in [2.24, 2.45) is 0 Å². The van der Waals surface area contributed by atoms with E-state index in [9.17, 15) is 4.79 Å². The third-order valence-electron chi connectivity index (χ3n) is 5.46. The molecule has 2 saturated heterocycles. The van der Waals surface area contributed by atoms with E-state index in [2.05, 4.69) is 27.3 Å². The van der Waals surface area contributed by atoms with Gasteiger partial charge in [0.2, 0.25) is 5.91 Å². The molecular weight excluding hydrogens is 348 g/mol. The van der Waals surface area contributed by atoms with Gasteiger partial charge in [-0.25, -0.2) is 0 Å². The third kappa shape index (κ3) is 4.58. The van der Waals surface area contributed by atoms with Crippen LogP contribution in [0.4, 0.5) is 5.69 Å². The van der Waals surface area contributed by atoms with Crippen molar-refractivity contribution in [1.82, 2.24) is 14.7 Å². The fourth-order valence-electron chi connectivity index (χ4n) is 3.79. The fraction of sp³-hybridized carbons (Fsp3) is 0.550. The number of nitrogens with zero attached hydrogens (tertiary/aromatic N) is 4. The van der Waals surface area contributed by atoms with E-state index in [0.29, 0.717) is 0 Å². The summed E-state index contributed by atoms with van der Waals surface area (Å²) in [5.41, 5.74) is 1.16. The lowest BCUT2D eigenvalue weighted by molar-refractivity contribution is -0.138. The smallest absolute Gasteiger partial charge is 0.239 e. The minimum absolute atomic E-state index is 0.0533. The second-order valence-electron chi connectivity index (χ2n) is 7.09. The Balaban J connectivity index is 1.49. The number of hydrogen-bond acceptors (Lipinski definition) is 4. The zero-order valence-corrected chi connectivity index (χ0v) is 16.4. The highest BCUT2D eigenvalue weighted by molar-refractivity contribution is 6.30. The number of hydrogen-bond donors (Lipinski definition) is 0. The Morgan fingerprint density at radius 3 is 2.46 bits per heavy atom. The summed E-state index contributed by atoms with van der Waals surface area (Å²) in [6.45, 7) is 13.9. The quantitative estimate of drug-likeness (QED) is 0.737. The molecule has 2 heterocycles. The van der Waals surface area contributed by atoms with Crippen molar-refractivity contribution in [3.63, 3.8) is 0 Å². The normalized spacial score (nSPS) is 20.8. The zero-order chi connectivity index (χ0) is 18.5. The van der Waals surface area contributed by atoms with E-state index in [1.165, 1.54) is 0 Å². The van der Waals surface area contributed by atoms with Crippen molar-refractivity contribution in [3.8, 4) is 0 Å². The van der Waals surface area contributed by atoms with Crippen LogP contribution >= 0.6 is 11.6 Å². The monoisotopic (exact) mass is 376 g/mol. The highest BCUT2D eigenvalue weighted by Gasteiger charge is 2.30. The zero-order valence-electron chi connectivity index (χ0n) is 15.6. The van der Waals surface area contributed by atoms with Gasteiger partial charge in [0.15, 0.2) is 0 Å². The first-order valence-corrected chi connectivity index (χ1v) is 9.83. The average molecular weight is 377 g/mol. The van der Waals surface area contributed by atoms with Crippen LogP contribution < -0.4 is 4.90 Å². The number of benzene rings is 1. The molecule has 0 radical (unpaired) electrons. The molecule has 1 amide bonds. The summed E-state index contributed by atoms with van der Waals surface area (Å²) in [4.78, 5) is 21.9. The Bertz CT molecular complexity index is 622. The van der Waals surface area contributed by atoms with E-state index >= 15 is 0 Å². The van der Waals surface area contributed by atoms with E-state index in [1.807, 2.05) is 36.1 Å². The van der Waals surface area contributed by atoms with Crippen molar-refractivity contribution in [2.45, 2.75) is 13.0 Å². The fourth-order valence-corrected chi connectivity index (χ4v) is 3.98. The Morgan fingerprint density at radius 1 is 1.15 bits per heavy atom. The van der Waals surface area contributed by atoms with Crippen LogP contribution in [-0.2, 0) is 4.79 Å². The lowest BCUT2D eigenvalue weighted by Gasteiger charge is -2.41. The molecule has 26 heavy (non-hydrogen) atoms. The van der Waals surface area contributed by atoms with Gasteiger partial charge in [0.05, 0.1) is 6.04 Å². The Labute approximate surface area is 161 Å². The molecule has 0 N–H and O–H groups in total.